The van der Waals surface area contributed by atoms with Crippen LogP contribution in [0.1, 0.15) is 36.6 Å². The average Bonchev–Trinajstić information content (AvgIpc) is 2.51. The second-order valence-corrected chi connectivity index (χ2v) is 6.11. The van der Waals surface area contributed by atoms with Crippen LogP contribution in [0.15, 0.2) is 10.9 Å². The predicted molar refractivity (Wildman–Crippen MR) is 89.2 cm³/mol. The largest absolute Gasteiger partial charge is 0.383 e. The molecular weight excluding hydrogens is 278 g/mol. The van der Waals surface area contributed by atoms with Crippen molar-refractivity contribution in [1.29, 1.82) is 0 Å². The lowest BCUT2D eigenvalue weighted by Gasteiger charge is -2.28. The molecule has 1 aromatic heterocycles. The van der Waals surface area contributed by atoms with Crippen LogP contribution in [-0.4, -0.2) is 43.3 Å². The number of methoxy groups -OCH3 is 1. The van der Waals surface area contributed by atoms with Crippen molar-refractivity contribution in [3.05, 3.63) is 33.2 Å². The van der Waals surface area contributed by atoms with Crippen molar-refractivity contribution in [3.8, 4) is 0 Å². The van der Waals surface area contributed by atoms with Crippen molar-refractivity contribution in [3.63, 3.8) is 0 Å². The van der Waals surface area contributed by atoms with E-state index in [-0.39, 0.29) is 5.56 Å². The molecule has 5 heteroatoms. The third-order valence-corrected chi connectivity index (χ3v) is 4.28. The molecule has 1 aliphatic heterocycles. The molecule has 1 aromatic rings. The van der Waals surface area contributed by atoms with Crippen molar-refractivity contribution in [1.82, 2.24) is 14.8 Å². The number of nitrogens with one attached hydrogen (secondary N) is 1. The Kier molecular flexibility index (Phi) is 6.61. The molecule has 2 heterocycles. The first-order valence-electron chi connectivity index (χ1n) is 8.30. The standard InChI is InChI=1S/C17H29N3O2/c1-4-5-7-18-12-14-11-15-13-19(2)8-6-16(15)20(17(14)21)9-10-22-3/h11,18H,4-10,12-13H2,1-3H3. The number of unbranched alkanes of at least 4 members (excludes halogenated alkanes) is 1. The third-order valence-electron chi connectivity index (χ3n) is 4.28. The van der Waals surface area contributed by atoms with E-state index in [0.717, 1.165) is 38.0 Å². The Morgan fingerprint density at radius 1 is 1.41 bits per heavy atom. The number of fused-ring (bicyclic) bond motifs is 1. The van der Waals surface area contributed by atoms with Gasteiger partial charge < -0.3 is 19.5 Å². The highest BCUT2D eigenvalue weighted by atomic mass is 16.5. The topological polar surface area (TPSA) is 46.5 Å². The molecule has 0 aliphatic carbocycles. The fraction of sp³-hybridized carbons (Fsp3) is 0.706. The first-order valence-corrected chi connectivity index (χ1v) is 8.30. The summed E-state index contributed by atoms with van der Waals surface area (Å²) in [5.41, 5.74) is 3.50. The van der Waals surface area contributed by atoms with Gasteiger partial charge in [0.25, 0.3) is 5.56 Å². The van der Waals surface area contributed by atoms with Crippen LogP contribution in [0.5, 0.6) is 0 Å². The number of ether oxygens (including phenoxy) is 1. The highest BCUT2D eigenvalue weighted by Crippen LogP contribution is 2.17. The number of aromatic nitrogens is 1. The zero-order valence-corrected chi connectivity index (χ0v) is 14.2. The normalized spacial score (nSPS) is 15.0. The molecule has 22 heavy (non-hydrogen) atoms. The smallest absolute Gasteiger partial charge is 0.255 e. The number of pyridine rings is 1. The van der Waals surface area contributed by atoms with E-state index >= 15 is 0 Å². The average molecular weight is 307 g/mol. The molecule has 0 radical (unpaired) electrons. The fourth-order valence-electron chi connectivity index (χ4n) is 2.99. The van der Waals surface area contributed by atoms with Gasteiger partial charge in [0.2, 0.25) is 0 Å². The van der Waals surface area contributed by atoms with Gasteiger partial charge >= 0.3 is 0 Å². The zero-order chi connectivity index (χ0) is 15.9. The molecule has 5 nitrogen and oxygen atoms in total. The molecule has 0 saturated heterocycles. The molecule has 0 spiro atoms. The molecule has 1 aliphatic rings. The molecule has 0 saturated carbocycles. The van der Waals surface area contributed by atoms with Gasteiger partial charge in [0.1, 0.15) is 0 Å². The van der Waals surface area contributed by atoms with Gasteiger partial charge in [-0.15, -0.1) is 0 Å². The minimum absolute atomic E-state index is 0.143. The Morgan fingerprint density at radius 3 is 2.95 bits per heavy atom. The summed E-state index contributed by atoms with van der Waals surface area (Å²) in [6.45, 7) is 6.94. The van der Waals surface area contributed by atoms with Crippen molar-refractivity contribution in [2.24, 2.45) is 0 Å². The predicted octanol–water partition coefficient (Wildman–Crippen LogP) is 1.37. The molecule has 2 rings (SSSR count). The summed E-state index contributed by atoms with van der Waals surface area (Å²) in [5, 5.41) is 3.39. The number of likely N-dealkylation sites (N-methyl/N-ethyl adjacent to an activating group) is 1. The lowest BCUT2D eigenvalue weighted by molar-refractivity contribution is 0.183. The molecular formula is C17H29N3O2. The van der Waals surface area contributed by atoms with E-state index in [1.54, 1.807) is 7.11 Å². The SMILES string of the molecule is CCCCNCc1cc2c(n(CCOC)c1=O)CCN(C)C2. The Bertz CT molecular complexity index is 539. The number of hydrogen-bond donors (Lipinski definition) is 1. The lowest BCUT2D eigenvalue weighted by atomic mass is 10.0. The molecule has 0 fully saturated rings. The number of hydrogen-bond acceptors (Lipinski definition) is 4. The first-order chi connectivity index (χ1) is 10.7. The van der Waals surface area contributed by atoms with Gasteiger partial charge in [-0.2, -0.15) is 0 Å². The van der Waals surface area contributed by atoms with Gasteiger partial charge in [0.15, 0.2) is 0 Å². The Morgan fingerprint density at radius 2 is 2.23 bits per heavy atom. The van der Waals surface area contributed by atoms with Gasteiger partial charge in [-0.25, -0.2) is 0 Å². The first kappa shape index (κ1) is 17.2. The summed E-state index contributed by atoms with van der Waals surface area (Å²) in [5.74, 6) is 0. The molecule has 0 amide bonds. The van der Waals surface area contributed by atoms with Crippen LogP contribution in [0, 0.1) is 0 Å². The van der Waals surface area contributed by atoms with Crippen LogP contribution < -0.4 is 10.9 Å². The quantitative estimate of drug-likeness (QED) is 0.737. The highest BCUT2D eigenvalue weighted by molar-refractivity contribution is 5.29. The van der Waals surface area contributed by atoms with Crippen LogP contribution in [0.4, 0.5) is 0 Å². The van der Waals surface area contributed by atoms with Crippen LogP contribution in [-0.2, 0) is 30.8 Å². The van der Waals surface area contributed by atoms with Crippen LogP contribution in [0.3, 0.4) is 0 Å². The summed E-state index contributed by atoms with van der Waals surface area (Å²) in [6, 6.07) is 2.11. The monoisotopic (exact) mass is 307 g/mol. The molecule has 0 atom stereocenters. The Balaban J connectivity index is 2.25. The van der Waals surface area contributed by atoms with Gasteiger partial charge in [0.05, 0.1) is 6.61 Å². The molecule has 124 valence electrons. The van der Waals surface area contributed by atoms with Crippen LogP contribution in [0.2, 0.25) is 0 Å². The third kappa shape index (κ3) is 4.18. The number of nitrogens with zero attached hydrogens (tertiary/aromatic N) is 2. The Hall–Kier alpha value is -1.17. The van der Waals surface area contributed by atoms with E-state index in [1.165, 1.54) is 17.7 Å². The summed E-state index contributed by atoms with van der Waals surface area (Å²) in [6.07, 6.45) is 3.25. The van der Waals surface area contributed by atoms with Crippen molar-refractivity contribution in [2.75, 3.05) is 33.9 Å². The van der Waals surface area contributed by atoms with Crippen molar-refractivity contribution < 1.29 is 4.74 Å². The summed E-state index contributed by atoms with van der Waals surface area (Å²) in [4.78, 5) is 15.1. The fourth-order valence-corrected chi connectivity index (χ4v) is 2.99. The van der Waals surface area contributed by atoms with Crippen molar-refractivity contribution >= 4 is 0 Å². The van der Waals surface area contributed by atoms with Crippen molar-refractivity contribution in [2.45, 2.75) is 45.8 Å². The van der Waals surface area contributed by atoms with Gasteiger partial charge in [-0.05, 0) is 31.6 Å². The van der Waals surface area contributed by atoms with E-state index < -0.39 is 0 Å². The summed E-state index contributed by atoms with van der Waals surface area (Å²) in [7, 11) is 3.81. The molecule has 0 bridgehead atoms. The van der Waals surface area contributed by atoms with E-state index in [4.69, 9.17) is 4.74 Å². The van der Waals surface area contributed by atoms with Crippen LogP contribution >= 0.6 is 0 Å². The highest BCUT2D eigenvalue weighted by Gasteiger charge is 2.19. The van der Waals surface area contributed by atoms with Gasteiger partial charge in [-0.3, -0.25) is 4.79 Å². The lowest BCUT2D eigenvalue weighted by Crippen LogP contribution is -2.37. The molecule has 0 unspecified atom stereocenters. The van der Waals surface area contributed by atoms with Crippen LogP contribution in [0.25, 0.3) is 0 Å². The number of rotatable bonds is 8. The van der Waals surface area contributed by atoms with Gasteiger partial charge in [-0.1, -0.05) is 13.3 Å². The summed E-state index contributed by atoms with van der Waals surface area (Å²) >= 11 is 0. The maximum absolute atomic E-state index is 12.7. The summed E-state index contributed by atoms with van der Waals surface area (Å²) < 4.78 is 7.11. The maximum Gasteiger partial charge on any atom is 0.255 e. The second-order valence-electron chi connectivity index (χ2n) is 6.11. The second kappa shape index (κ2) is 8.46. The zero-order valence-electron chi connectivity index (χ0n) is 14.2. The van der Waals surface area contributed by atoms with E-state index in [0.29, 0.717) is 19.7 Å². The molecule has 1 N–H and O–H groups in total. The minimum atomic E-state index is 0.143. The van der Waals surface area contributed by atoms with E-state index in [2.05, 4.69) is 30.3 Å². The Labute approximate surface area is 133 Å². The van der Waals surface area contributed by atoms with E-state index in [9.17, 15) is 4.79 Å². The minimum Gasteiger partial charge on any atom is -0.383 e. The maximum atomic E-state index is 12.7. The van der Waals surface area contributed by atoms with Gasteiger partial charge in [0, 0.05) is 51.0 Å². The van der Waals surface area contributed by atoms with E-state index in [1.807, 2.05) is 4.57 Å². The molecule has 0 aromatic carbocycles.